The molecule has 0 fully saturated rings. The van der Waals surface area contributed by atoms with Crippen LogP contribution >= 0.6 is 11.3 Å². The molecule has 0 spiro atoms. The summed E-state index contributed by atoms with van der Waals surface area (Å²) in [5.74, 6) is -1.33. The van der Waals surface area contributed by atoms with Gasteiger partial charge >= 0.3 is 18.2 Å². The number of aromatic carboxylic acids is 1. The lowest BCUT2D eigenvalue weighted by molar-refractivity contribution is -0.141. The molecule has 12 heteroatoms. The molecule has 1 aromatic carbocycles. The number of hydrogen-bond acceptors (Lipinski definition) is 6. The number of benzene rings is 1. The third kappa shape index (κ3) is 5.03. The van der Waals surface area contributed by atoms with Gasteiger partial charge in [0.1, 0.15) is 15.7 Å². The van der Waals surface area contributed by atoms with Crippen molar-refractivity contribution in [2.24, 2.45) is 0 Å². The van der Waals surface area contributed by atoms with Crippen molar-refractivity contribution in [3.8, 4) is 10.6 Å². The largest absolute Gasteiger partial charge is 0.477 e. The van der Waals surface area contributed by atoms with E-state index in [0.717, 1.165) is 5.56 Å². The van der Waals surface area contributed by atoms with Gasteiger partial charge < -0.3 is 21.5 Å². The van der Waals surface area contributed by atoms with Crippen LogP contribution in [0.3, 0.4) is 0 Å². The monoisotopic (exact) mass is 437 g/mol. The first-order valence-corrected chi connectivity index (χ1v) is 9.12. The summed E-state index contributed by atoms with van der Waals surface area (Å²) in [5.41, 5.74) is 5.47. The number of aromatic nitrogens is 2. The highest BCUT2D eigenvalue weighted by molar-refractivity contribution is 7.17. The number of hydrogen-bond donors (Lipinski definition) is 4. The minimum atomic E-state index is -4.87. The summed E-state index contributed by atoms with van der Waals surface area (Å²) >= 11 is 0.429. The van der Waals surface area contributed by atoms with E-state index in [2.05, 4.69) is 20.6 Å². The normalized spacial score (nSPS) is 11.2. The molecule has 5 N–H and O–H groups in total. The number of nitrogens with zero attached hydrogens (tertiary/aromatic N) is 2. The van der Waals surface area contributed by atoms with Crippen molar-refractivity contribution in [3.05, 3.63) is 58.7 Å². The average Bonchev–Trinajstić information content (AvgIpc) is 3.14. The number of thiazole rings is 1. The molecule has 30 heavy (non-hydrogen) atoms. The van der Waals surface area contributed by atoms with Gasteiger partial charge in [-0.2, -0.15) is 13.2 Å². The van der Waals surface area contributed by atoms with Crippen LogP contribution in [0, 0.1) is 0 Å². The van der Waals surface area contributed by atoms with E-state index in [0.29, 0.717) is 22.8 Å². The standard InChI is InChI=1S/C18H14F3N5O3S/c19-18(20,21)14-13(16(27)28)30-15(26-14)10-2-4-11(5-3-10)25-17(29)24-8-9-1-6-12(22)23-7-9/h1-7H,8H2,(H2,22,23)(H,27,28)(H2,24,25,29). The topological polar surface area (TPSA) is 130 Å². The van der Waals surface area contributed by atoms with Crippen molar-refractivity contribution in [2.45, 2.75) is 12.7 Å². The van der Waals surface area contributed by atoms with E-state index < -0.39 is 28.7 Å². The molecule has 0 bridgehead atoms. The van der Waals surface area contributed by atoms with Crippen molar-refractivity contribution in [1.82, 2.24) is 15.3 Å². The number of carboxylic acid groups (broad SMARTS) is 1. The summed E-state index contributed by atoms with van der Waals surface area (Å²) in [7, 11) is 0. The number of anilines is 2. The number of nitrogen functional groups attached to an aromatic ring is 1. The molecule has 8 nitrogen and oxygen atoms in total. The highest BCUT2D eigenvalue weighted by Gasteiger charge is 2.39. The maximum Gasteiger partial charge on any atom is 0.435 e. The molecule has 2 aromatic heterocycles. The van der Waals surface area contributed by atoms with Gasteiger partial charge in [-0.15, -0.1) is 11.3 Å². The number of alkyl halides is 3. The molecule has 0 unspecified atom stereocenters. The first kappa shape index (κ1) is 21.0. The Hall–Kier alpha value is -3.67. The Morgan fingerprint density at radius 1 is 1.13 bits per heavy atom. The SMILES string of the molecule is Nc1ccc(CNC(=O)Nc2ccc(-c3nc(C(F)(F)F)c(C(=O)O)s3)cc2)cn1. The van der Waals surface area contributed by atoms with E-state index in [1.165, 1.54) is 30.5 Å². The zero-order valence-corrected chi connectivity index (χ0v) is 15.8. The van der Waals surface area contributed by atoms with Crippen LogP contribution in [0.1, 0.15) is 20.9 Å². The van der Waals surface area contributed by atoms with Crippen LogP contribution in [0.5, 0.6) is 0 Å². The lowest BCUT2D eigenvalue weighted by Crippen LogP contribution is -2.28. The number of carbonyl (C=O) groups is 2. The lowest BCUT2D eigenvalue weighted by atomic mass is 10.2. The fraction of sp³-hybridized carbons (Fsp3) is 0.111. The van der Waals surface area contributed by atoms with Gasteiger partial charge in [0.15, 0.2) is 5.69 Å². The minimum Gasteiger partial charge on any atom is -0.477 e. The molecule has 0 aliphatic heterocycles. The smallest absolute Gasteiger partial charge is 0.435 e. The van der Waals surface area contributed by atoms with E-state index in [1.807, 2.05) is 0 Å². The fourth-order valence-corrected chi connectivity index (χ4v) is 3.30. The van der Waals surface area contributed by atoms with Gasteiger partial charge in [0.25, 0.3) is 0 Å². The Morgan fingerprint density at radius 3 is 2.37 bits per heavy atom. The number of amides is 2. The van der Waals surface area contributed by atoms with E-state index in [4.69, 9.17) is 10.8 Å². The lowest BCUT2D eigenvalue weighted by Gasteiger charge is -2.08. The molecule has 156 valence electrons. The summed E-state index contributed by atoms with van der Waals surface area (Å²) in [6.45, 7) is 0.217. The van der Waals surface area contributed by atoms with Gasteiger partial charge in [-0.05, 0) is 35.9 Å². The Bertz CT molecular complexity index is 1070. The van der Waals surface area contributed by atoms with Crippen molar-refractivity contribution in [3.63, 3.8) is 0 Å². The second-order valence-electron chi connectivity index (χ2n) is 5.98. The summed E-state index contributed by atoms with van der Waals surface area (Å²) in [5, 5.41) is 14.1. The Labute approximate surface area is 171 Å². The summed E-state index contributed by atoms with van der Waals surface area (Å²) in [6, 6.07) is 8.62. The van der Waals surface area contributed by atoms with Crippen LogP contribution in [0.2, 0.25) is 0 Å². The Balaban J connectivity index is 1.67. The predicted molar refractivity (Wildman–Crippen MR) is 104 cm³/mol. The molecule has 2 heterocycles. The number of halogens is 3. The highest BCUT2D eigenvalue weighted by Crippen LogP contribution is 2.37. The molecule has 0 aliphatic rings. The van der Waals surface area contributed by atoms with Gasteiger partial charge in [-0.25, -0.2) is 19.6 Å². The summed E-state index contributed by atoms with van der Waals surface area (Å²) in [4.78, 5) is 29.5. The number of pyridine rings is 1. The third-order valence-electron chi connectivity index (χ3n) is 3.78. The van der Waals surface area contributed by atoms with E-state index in [1.54, 1.807) is 12.1 Å². The van der Waals surface area contributed by atoms with E-state index >= 15 is 0 Å². The molecule has 0 aliphatic carbocycles. The quantitative estimate of drug-likeness (QED) is 0.480. The Kier molecular flexibility index (Phi) is 5.87. The maximum absolute atomic E-state index is 13.0. The zero-order chi connectivity index (χ0) is 21.9. The zero-order valence-electron chi connectivity index (χ0n) is 15.0. The summed E-state index contributed by atoms with van der Waals surface area (Å²) < 4.78 is 38.9. The Morgan fingerprint density at radius 2 is 1.83 bits per heavy atom. The first-order chi connectivity index (χ1) is 14.1. The maximum atomic E-state index is 13.0. The highest BCUT2D eigenvalue weighted by atomic mass is 32.1. The van der Waals surface area contributed by atoms with Gasteiger partial charge in [0, 0.05) is 24.0 Å². The van der Waals surface area contributed by atoms with Crippen LogP contribution in [0.25, 0.3) is 10.6 Å². The first-order valence-electron chi connectivity index (χ1n) is 8.30. The van der Waals surface area contributed by atoms with Crippen molar-refractivity contribution < 1.29 is 27.9 Å². The van der Waals surface area contributed by atoms with Crippen LogP contribution in [0.4, 0.5) is 29.5 Å². The number of nitrogens with two attached hydrogens (primary N) is 1. The molecule has 0 saturated heterocycles. The van der Waals surface area contributed by atoms with Gasteiger partial charge in [0.05, 0.1) is 0 Å². The van der Waals surface area contributed by atoms with E-state index in [9.17, 15) is 22.8 Å². The van der Waals surface area contributed by atoms with Crippen molar-refractivity contribution in [2.75, 3.05) is 11.1 Å². The molecular formula is C18H14F3N5O3S. The fourth-order valence-electron chi connectivity index (χ4n) is 2.37. The molecular weight excluding hydrogens is 423 g/mol. The van der Waals surface area contributed by atoms with Crippen LogP contribution in [-0.2, 0) is 12.7 Å². The molecule has 3 rings (SSSR count). The van der Waals surface area contributed by atoms with Gasteiger partial charge in [0.2, 0.25) is 0 Å². The summed E-state index contributed by atoms with van der Waals surface area (Å²) in [6.07, 6.45) is -3.35. The van der Waals surface area contributed by atoms with Crippen molar-refractivity contribution >= 4 is 34.8 Å². The second kappa shape index (κ2) is 8.37. The number of urea groups is 1. The number of carboxylic acids is 1. The van der Waals surface area contributed by atoms with Gasteiger partial charge in [-0.1, -0.05) is 6.07 Å². The van der Waals surface area contributed by atoms with Crippen molar-refractivity contribution in [1.29, 1.82) is 0 Å². The van der Waals surface area contributed by atoms with Crippen LogP contribution < -0.4 is 16.4 Å². The molecule has 0 atom stereocenters. The molecule has 3 aromatic rings. The number of rotatable bonds is 5. The number of carbonyl (C=O) groups excluding carboxylic acids is 1. The molecule has 0 saturated carbocycles. The number of nitrogens with one attached hydrogen (secondary N) is 2. The molecule has 0 radical (unpaired) electrons. The predicted octanol–water partition coefficient (Wildman–Crippen LogP) is 3.83. The third-order valence-corrected chi connectivity index (χ3v) is 4.87. The van der Waals surface area contributed by atoms with E-state index in [-0.39, 0.29) is 17.1 Å². The van der Waals surface area contributed by atoms with Crippen LogP contribution in [0.15, 0.2) is 42.6 Å². The van der Waals surface area contributed by atoms with Gasteiger partial charge in [-0.3, -0.25) is 0 Å². The minimum absolute atomic E-state index is 0.0911. The molecule has 2 amide bonds. The second-order valence-corrected chi connectivity index (χ2v) is 6.98. The van der Waals surface area contributed by atoms with Crippen LogP contribution in [-0.4, -0.2) is 27.1 Å². The average molecular weight is 437 g/mol.